The Kier molecular flexibility index (Phi) is 6.64. The van der Waals surface area contributed by atoms with Crippen LogP contribution >= 0.6 is 0 Å². The largest absolute Gasteiger partial charge is 0.473 e. The zero-order valence-corrected chi connectivity index (χ0v) is 16.3. The number of hydrogen-bond donors (Lipinski definition) is 1. The average Bonchev–Trinajstić information content (AvgIpc) is 2.70. The van der Waals surface area contributed by atoms with Crippen LogP contribution in [0.4, 0.5) is 5.69 Å². The van der Waals surface area contributed by atoms with Crippen LogP contribution in [0.3, 0.4) is 0 Å². The summed E-state index contributed by atoms with van der Waals surface area (Å²) in [5.74, 6) is 0.226. The van der Waals surface area contributed by atoms with Gasteiger partial charge in [0.1, 0.15) is 16.7 Å². The van der Waals surface area contributed by atoms with Gasteiger partial charge in [0.25, 0.3) is 0 Å². The molecule has 0 spiro atoms. The van der Waals surface area contributed by atoms with Crippen molar-refractivity contribution in [3.8, 4) is 5.88 Å². The molecule has 1 N–H and O–H groups in total. The van der Waals surface area contributed by atoms with E-state index in [9.17, 15) is 13.2 Å². The standard InChI is InChI=1S/C17H26N4O5S/c1-2-20-5-7-21(8-6-20)27(23,24)15-11-16(19-13-22)17(18-12-15)26-14-3-9-25-10-4-14/h11-14H,2-10H2,1H3,(H,19,22). The third kappa shape index (κ3) is 4.75. The maximum Gasteiger partial charge on any atom is 0.244 e. The van der Waals surface area contributed by atoms with Crippen LogP contribution in [0.5, 0.6) is 5.88 Å². The lowest BCUT2D eigenvalue weighted by Gasteiger charge is -2.33. The summed E-state index contributed by atoms with van der Waals surface area (Å²) in [5.41, 5.74) is 0.254. The summed E-state index contributed by atoms with van der Waals surface area (Å²) in [6.45, 7) is 6.46. The number of nitrogens with one attached hydrogen (secondary N) is 1. The van der Waals surface area contributed by atoms with Crippen molar-refractivity contribution in [3.63, 3.8) is 0 Å². The number of nitrogens with zero attached hydrogens (tertiary/aromatic N) is 3. The first-order valence-corrected chi connectivity index (χ1v) is 10.7. The number of aromatic nitrogens is 1. The highest BCUT2D eigenvalue weighted by Crippen LogP contribution is 2.28. The fraction of sp³-hybridized carbons (Fsp3) is 0.647. The molecular formula is C17H26N4O5S. The Hall–Kier alpha value is -1.75. The normalized spacial score (nSPS) is 20.3. The number of hydrogen-bond acceptors (Lipinski definition) is 7. The monoisotopic (exact) mass is 398 g/mol. The van der Waals surface area contributed by atoms with E-state index < -0.39 is 10.0 Å². The first kappa shape index (κ1) is 20.0. The van der Waals surface area contributed by atoms with Gasteiger partial charge in [-0.05, 0) is 12.6 Å². The molecule has 10 heteroatoms. The first-order chi connectivity index (χ1) is 13.0. The second-order valence-electron chi connectivity index (χ2n) is 6.55. The van der Waals surface area contributed by atoms with Gasteiger partial charge in [0, 0.05) is 39.0 Å². The molecule has 27 heavy (non-hydrogen) atoms. The molecule has 0 bridgehead atoms. The third-order valence-electron chi connectivity index (χ3n) is 4.90. The van der Waals surface area contributed by atoms with Gasteiger partial charge in [0.2, 0.25) is 22.3 Å². The van der Waals surface area contributed by atoms with Crippen molar-refractivity contribution in [2.45, 2.75) is 30.8 Å². The number of likely N-dealkylation sites (N-methyl/N-ethyl adjacent to an activating group) is 1. The van der Waals surface area contributed by atoms with Crippen LogP contribution < -0.4 is 10.1 Å². The zero-order chi connectivity index (χ0) is 19.3. The summed E-state index contributed by atoms with van der Waals surface area (Å²) < 4.78 is 38.5. The number of carbonyl (C=O) groups excluding carboxylic acids is 1. The lowest BCUT2D eigenvalue weighted by Crippen LogP contribution is -2.48. The van der Waals surface area contributed by atoms with E-state index in [2.05, 4.69) is 22.1 Å². The van der Waals surface area contributed by atoms with E-state index in [0.29, 0.717) is 45.8 Å². The maximum absolute atomic E-state index is 12.9. The van der Waals surface area contributed by atoms with Crippen molar-refractivity contribution in [2.75, 3.05) is 51.3 Å². The van der Waals surface area contributed by atoms with Gasteiger partial charge in [-0.15, -0.1) is 0 Å². The van der Waals surface area contributed by atoms with Crippen LogP contribution in [0.15, 0.2) is 17.2 Å². The minimum absolute atomic E-state index is 0.0520. The van der Waals surface area contributed by atoms with Gasteiger partial charge in [0.15, 0.2) is 0 Å². The average molecular weight is 398 g/mol. The van der Waals surface area contributed by atoms with E-state index >= 15 is 0 Å². The van der Waals surface area contributed by atoms with E-state index in [-0.39, 0.29) is 22.6 Å². The molecule has 0 aromatic carbocycles. The Morgan fingerprint density at radius 2 is 2.00 bits per heavy atom. The number of sulfonamides is 1. The molecule has 0 atom stereocenters. The van der Waals surface area contributed by atoms with Gasteiger partial charge in [-0.2, -0.15) is 4.31 Å². The Morgan fingerprint density at radius 1 is 1.30 bits per heavy atom. The molecule has 0 saturated carbocycles. The van der Waals surface area contributed by atoms with E-state index in [1.54, 1.807) is 0 Å². The Labute approximate surface area is 159 Å². The van der Waals surface area contributed by atoms with Crippen molar-refractivity contribution in [2.24, 2.45) is 0 Å². The van der Waals surface area contributed by atoms with Crippen LogP contribution in [0.1, 0.15) is 19.8 Å². The molecule has 2 aliphatic rings. The number of carbonyl (C=O) groups is 1. The zero-order valence-electron chi connectivity index (χ0n) is 15.5. The minimum atomic E-state index is -3.67. The molecule has 9 nitrogen and oxygen atoms in total. The highest BCUT2D eigenvalue weighted by molar-refractivity contribution is 7.89. The fourth-order valence-electron chi connectivity index (χ4n) is 3.22. The molecule has 0 radical (unpaired) electrons. The highest BCUT2D eigenvalue weighted by atomic mass is 32.2. The molecule has 1 aromatic rings. The van der Waals surface area contributed by atoms with Crippen LogP contribution in [0.2, 0.25) is 0 Å². The number of ether oxygens (including phenoxy) is 2. The smallest absolute Gasteiger partial charge is 0.244 e. The van der Waals surface area contributed by atoms with Crippen molar-refractivity contribution < 1.29 is 22.7 Å². The summed E-state index contributed by atoms with van der Waals surface area (Å²) in [5, 5.41) is 2.51. The van der Waals surface area contributed by atoms with Crippen LogP contribution in [-0.2, 0) is 19.6 Å². The summed E-state index contributed by atoms with van der Waals surface area (Å²) in [6.07, 6.45) is 3.17. The number of rotatable bonds is 7. The van der Waals surface area contributed by atoms with E-state index in [1.807, 2.05) is 0 Å². The molecule has 2 saturated heterocycles. The number of anilines is 1. The van der Waals surface area contributed by atoms with E-state index in [4.69, 9.17) is 9.47 Å². The lowest BCUT2D eigenvalue weighted by atomic mass is 10.1. The predicted molar refractivity (Wildman–Crippen MR) is 99.3 cm³/mol. The maximum atomic E-state index is 12.9. The van der Waals surface area contributed by atoms with Gasteiger partial charge in [-0.3, -0.25) is 4.79 Å². The molecule has 150 valence electrons. The number of pyridine rings is 1. The molecule has 3 heterocycles. The topological polar surface area (TPSA) is 101 Å². The molecule has 0 unspecified atom stereocenters. The second-order valence-corrected chi connectivity index (χ2v) is 8.49. The molecule has 2 fully saturated rings. The van der Waals surface area contributed by atoms with Gasteiger partial charge < -0.3 is 19.7 Å². The Balaban J connectivity index is 1.78. The molecular weight excluding hydrogens is 372 g/mol. The third-order valence-corrected chi connectivity index (χ3v) is 6.77. The molecule has 1 aromatic heterocycles. The molecule has 0 aliphatic carbocycles. The van der Waals surface area contributed by atoms with Crippen molar-refractivity contribution in [1.29, 1.82) is 0 Å². The van der Waals surface area contributed by atoms with Crippen LogP contribution in [0.25, 0.3) is 0 Å². The molecule has 2 aliphatic heterocycles. The van der Waals surface area contributed by atoms with Crippen LogP contribution in [-0.4, -0.2) is 81.1 Å². The Bertz CT molecular complexity index is 744. The number of piperazine rings is 1. The minimum Gasteiger partial charge on any atom is -0.473 e. The fourth-order valence-corrected chi connectivity index (χ4v) is 4.62. The molecule has 1 amide bonds. The van der Waals surface area contributed by atoms with Crippen molar-refractivity contribution in [1.82, 2.24) is 14.2 Å². The van der Waals surface area contributed by atoms with Crippen molar-refractivity contribution >= 4 is 22.1 Å². The van der Waals surface area contributed by atoms with E-state index in [0.717, 1.165) is 19.4 Å². The van der Waals surface area contributed by atoms with Crippen LogP contribution in [0, 0.1) is 0 Å². The summed E-state index contributed by atoms with van der Waals surface area (Å²) in [4.78, 5) is 17.4. The van der Waals surface area contributed by atoms with E-state index in [1.165, 1.54) is 16.6 Å². The quantitative estimate of drug-likeness (QED) is 0.669. The number of amides is 1. The summed E-state index contributed by atoms with van der Waals surface area (Å²) in [7, 11) is -3.67. The highest BCUT2D eigenvalue weighted by Gasteiger charge is 2.29. The second kappa shape index (κ2) is 8.96. The lowest BCUT2D eigenvalue weighted by molar-refractivity contribution is -0.105. The van der Waals surface area contributed by atoms with Crippen molar-refractivity contribution in [3.05, 3.63) is 12.3 Å². The first-order valence-electron chi connectivity index (χ1n) is 9.21. The summed E-state index contributed by atoms with van der Waals surface area (Å²) in [6, 6.07) is 1.41. The van der Waals surface area contributed by atoms with Gasteiger partial charge in [-0.25, -0.2) is 13.4 Å². The summed E-state index contributed by atoms with van der Waals surface area (Å²) >= 11 is 0. The van der Waals surface area contributed by atoms with Gasteiger partial charge >= 0.3 is 0 Å². The van der Waals surface area contributed by atoms with Gasteiger partial charge in [-0.1, -0.05) is 6.92 Å². The SMILES string of the molecule is CCN1CCN(S(=O)(=O)c2cnc(OC3CCOCC3)c(NC=O)c2)CC1. The molecule has 3 rings (SSSR count). The Morgan fingerprint density at radius 3 is 2.63 bits per heavy atom. The predicted octanol–water partition coefficient (Wildman–Crippen LogP) is 0.534. The van der Waals surface area contributed by atoms with Gasteiger partial charge in [0.05, 0.1) is 19.4 Å².